The number of aromatic nitrogens is 2. The molecule has 2 heterocycles. The molecular weight excluding hydrogens is 585 g/mol. The van der Waals surface area contributed by atoms with Crippen LogP contribution >= 0.6 is 34.2 Å². The number of halogens is 2. The van der Waals surface area contributed by atoms with Crippen molar-refractivity contribution in [2.45, 2.75) is 0 Å². The second kappa shape index (κ2) is 9.51. The molecule has 10 heteroatoms. The molecule has 0 aliphatic carbocycles. The average Bonchev–Trinajstić information content (AvgIpc) is 3.25. The van der Waals surface area contributed by atoms with Gasteiger partial charge in [0.05, 0.1) is 20.7 Å². The van der Waals surface area contributed by atoms with Crippen LogP contribution in [0.3, 0.4) is 0 Å². The Bertz CT molecular complexity index is 1690. The van der Waals surface area contributed by atoms with E-state index in [1.807, 2.05) is 22.6 Å². The maximum Gasteiger partial charge on any atom is 0.341 e. The number of carboxylic acid groups (broad SMARTS) is 1. The number of hydrogen-bond donors (Lipinski definition) is 1. The van der Waals surface area contributed by atoms with Gasteiger partial charge in [0.25, 0.3) is 5.56 Å². The predicted octanol–water partition coefficient (Wildman–Crippen LogP) is 5.41. The molecule has 0 aliphatic heterocycles. The van der Waals surface area contributed by atoms with Crippen molar-refractivity contribution in [2.75, 3.05) is 6.61 Å². The van der Waals surface area contributed by atoms with E-state index in [1.165, 1.54) is 10.9 Å². The van der Waals surface area contributed by atoms with Crippen LogP contribution in [-0.4, -0.2) is 33.6 Å². The molecule has 0 saturated heterocycles. The monoisotopic (exact) mass is 599 g/mol. The standard InChI is InChI=1S/C25H15ClIN3O5/c26-16-6-8-20-15(10-16)11-22(35-20)24-29-19-4-2-1-3-17(19)25(33)30(24)28-12-14-5-7-21(18(27)9-14)34-13-23(31)32/h1-12H,13H2,(H,31,32). The van der Waals surface area contributed by atoms with Crippen LogP contribution in [0.1, 0.15) is 5.56 Å². The molecule has 0 fully saturated rings. The smallest absolute Gasteiger partial charge is 0.341 e. The van der Waals surface area contributed by atoms with Gasteiger partial charge in [-0.15, -0.1) is 0 Å². The highest BCUT2D eigenvalue weighted by Gasteiger charge is 2.16. The Morgan fingerprint density at radius 3 is 2.80 bits per heavy atom. The molecule has 174 valence electrons. The summed E-state index contributed by atoms with van der Waals surface area (Å²) in [6, 6.07) is 19.2. The van der Waals surface area contributed by atoms with Gasteiger partial charge in [0.15, 0.2) is 12.4 Å². The normalized spacial score (nSPS) is 11.5. The van der Waals surface area contributed by atoms with Gasteiger partial charge < -0.3 is 14.3 Å². The van der Waals surface area contributed by atoms with Gasteiger partial charge in [-0.25, -0.2) is 9.78 Å². The van der Waals surface area contributed by atoms with E-state index in [-0.39, 0.29) is 11.4 Å². The molecule has 5 rings (SSSR count). The largest absolute Gasteiger partial charge is 0.481 e. The van der Waals surface area contributed by atoms with Crippen molar-refractivity contribution in [2.24, 2.45) is 5.10 Å². The third-order valence-electron chi connectivity index (χ3n) is 5.08. The minimum Gasteiger partial charge on any atom is -0.481 e. The zero-order valence-electron chi connectivity index (χ0n) is 17.8. The number of furan rings is 1. The highest BCUT2D eigenvalue weighted by Crippen LogP contribution is 2.29. The number of nitrogens with zero attached hydrogens (tertiary/aromatic N) is 3. The molecule has 2 aromatic heterocycles. The molecule has 0 saturated carbocycles. The van der Waals surface area contributed by atoms with Crippen molar-refractivity contribution >= 4 is 68.2 Å². The molecule has 1 N–H and O–H groups in total. The molecule has 0 bridgehead atoms. The van der Waals surface area contributed by atoms with Crippen LogP contribution in [0.4, 0.5) is 0 Å². The van der Waals surface area contributed by atoms with Crippen molar-refractivity contribution in [1.82, 2.24) is 9.66 Å². The van der Waals surface area contributed by atoms with E-state index in [9.17, 15) is 9.59 Å². The second-order valence-corrected chi connectivity index (χ2v) is 9.08. The highest BCUT2D eigenvalue weighted by molar-refractivity contribution is 14.1. The number of hydrogen-bond acceptors (Lipinski definition) is 6. The van der Waals surface area contributed by atoms with Crippen molar-refractivity contribution in [3.05, 3.63) is 91.2 Å². The van der Waals surface area contributed by atoms with Gasteiger partial charge in [-0.2, -0.15) is 9.78 Å². The lowest BCUT2D eigenvalue weighted by Gasteiger charge is -2.08. The summed E-state index contributed by atoms with van der Waals surface area (Å²) in [6.07, 6.45) is 1.52. The molecule has 0 radical (unpaired) electrons. The zero-order chi connectivity index (χ0) is 24.5. The van der Waals surface area contributed by atoms with Gasteiger partial charge in [0, 0.05) is 10.4 Å². The Hall–Kier alpha value is -3.70. The first-order valence-corrected chi connectivity index (χ1v) is 11.7. The third-order valence-corrected chi connectivity index (χ3v) is 6.16. The first kappa shape index (κ1) is 23.1. The summed E-state index contributed by atoms with van der Waals surface area (Å²) in [5.74, 6) is -0.00558. The van der Waals surface area contributed by atoms with Gasteiger partial charge in [-0.3, -0.25) is 4.79 Å². The second-order valence-electron chi connectivity index (χ2n) is 7.48. The number of rotatable bonds is 6. The quantitative estimate of drug-likeness (QED) is 0.207. The lowest BCUT2D eigenvalue weighted by molar-refractivity contribution is -0.139. The topological polar surface area (TPSA) is 107 Å². The minimum atomic E-state index is -1.06. The number of para-hydroxylation sites is 1. The summed E-state index contributed by atoms with van der Waals surface area (Å²) in [5.41, 5.74) is 1.46. The summed E-state index contributed by atoms with van der Waals surface area (Å²) in [5, 5.41) is 15.0. The summed E-state index contributed by atoms with van der Waals surface area (Å²) >= 11 is 8.16. The number of carbonyl (C=O) groups is 1. The zero-order valence-corrected chi connectivity index (χ0v) is 20.7. The van der Waals surface area contributed by atoms with Crippen molar-refractivity contribution in [1.29, 1.82) is 0 Å². The fourth-order valence-corrected chi connectivity index (χ4v) is 4.37. The van der Waals surface area contributed by atoms with E-state index in [1.54, 1.807) is 66.7 Å². The first-order chi connectivity index (χ1) is 16.9. The molecule has 5 aromatic rings. The number of aliphatic carboxylic acids is 1. The molecule has 0 amide bonds. The molecule has 8 nitrogen and oxygen atoms in total. The predicted molar refractivity (Wildman–Crippen MR) is 142 cm³/mol. The van der Waals surface area contributed by atoms with Crippen LogP contribution in [0, 0.1) is 3.57 Å². The summed E-state index contributed by atoms with van der Waals surface area (Å²) in [7, 11) is 0. The van der Waals surface area contributed by atoms with Crippen molar-refractivity contribution in [3.8, 4) is 17.3 Å². The van der Waals surface area contributed by atoms with Crippen LogP contribution in [0.15, 0.2) is 81.0 Å². The number of carboxylic acids is 1. The van der Waals surface area contributed by atoms with E-state index in [2.05, 4.69) is 10.1 Å². The van der Waals surface area contributed by atoms with Crippen LogP contribution in [-0.2, 0) is 4.79 Å². The Kier molecular flexibility index (Phi) is 6.27. The van der Waals surface area contributed by atoms with Gasteiger partial charge >= 0.3 is 5.97 Å². The maximum absolute atomic E-state index is 13.4. The average molecular weight is 600 g/mol. The van der Waals surface area contributed by atoms with E-state index in [0.717, 1.165) is 5.39 Å². The Morgan fingerprint density at radius 1 is 1.17 bits per heavy atom. The van der Waals surface area contributed by atoms with E-state index < -0.39 is 12.6 Å². The molecule has 0 spiro atoms. The lowest BCUT2D eigenvalue weighted by atomic mass is 10.2. The maximum atomic E-state index is 13.4. The third kappa shape index (κ3) is 4.77. The molecule has 0 aliphatic rings. The van der Waals surface area contributed by atoms with Crippen LogP contribution in [0.5, 0.6) is 5.75 Å². The Labute approximate surface area is 216 Å². The number of benzene rings is 3. The number of fused-ring (bicyclic) bond motifs is 2. The van der Waals surface area contributed by atoms with Crippen molar-refractivity contribution < 1.29 is 19.1 Å². The van der Waals surface area contributed by atoms with Crippen LogP contribution < -0.4 is 10.3 Å². The van der Waals surface area contributed by atoms with E-state index in [4.69, 9.17) is 25.9 Å². The SMILES string of the molecule is O=C(O)COc1ccc(C=Nn2c(-c3cc4cc(Cl)ccc4o3)nc3ccccc3c2=O)cc1I. The highest BCUT2D eigenvalue weighted by atomic mass is 127. The Balaban J connectivity index is 1.60. The van der Waals surface area contributed by atoms with E-state index in [0.29, 0.717) is 42.2 Å². The summed E-state index contributed by atoms with van der Waals surface area (Å²) < 4.78 is 13.1. The van der Waals surface area contributed by atoms with Gasteiger partial charge in [0.2, 0.25) is 5.82 Å². The fourth-order valence-electron chi connectivity index (χ4n) is 3.49. The van der Waals surface area contributed by atoms with Crippen molar-refractivity contribution in [3.63, 3.8) is 0 Å². The molecular formula is C25H15ClIN3O5. The molecule has 0 atom stereocenters. The Morgan fingerprint density at radius 2 is 2.00 bits per heavy atom. The van der Waals surface area contributed by atoms with E-state index >= 15 is 0 Å². The summed E-state index contributed by atoms with van der Waals surface area (Å²) in [6.45, 7) is -0.437. The van der Waals surface area contributed by atoms with Gasteiger partial charge in [-0.1, -0.05) is 23.7 Å². The number of ether oxygens (including phenoxy) is 1. The first-order valence-electron chi connectivity index (χ1n) is 10.3. The molecule has 3 aromatic carbocycles. The molecule has 0 unspecified atom stereocenters. The lowest BCUT2D eigenvalue weighted by Crippen LogP contribution is -2.20. The van der Waals surface area contributed by atoms with Gasteiger partial charge in [0.1, 0.15) is 11.3 Å². The summed E-state index contributed by atoms with van der Waals surface area (Å²) in [4.78, 5) is 28.8. The van der Waals surface area contributed by atoms with Crippen LogP contribution in [0.25, 0.3) is 33.5 Å². The molecule has 35 heavy (non-hydrogen) atoms. The minimum absolute atomic E-state index is 0.244. The van der Waals surface area contributed by atoms with Crippen LogP contribution in [0.2, 0.25) is 5.02 Å². The fraction of sp³-hybridized carbons (Fsp3) is 0.0400. The van der Waals surface area contributed by atoms with Gasteiger partial charge in [-0.05, 0) is 82.8 Å².